The zero-order valence-corrected chi connectivity index (χ0v) is 15.1. The Morgan fingerprint density at radius 2 is 1.91 bits per heavy atom. The Bertz CT molecular complexity index is 811. The molecule has 118 valence electrons. The van der Waals surface area contributed by atoms with Gasteiger partial charge in [0.1, 0.15) is 5.82 Å². The summed E-state index contributed by atoms with van der Waals surface area (Å²) in [5, 5.41) is 1.28. The van der Waals surface area contributed by atoms with E-state index in [0.717, 1.165) is 43.0 Å². The van der Waals surface area contributed by atoms with Crippen LogP contribution in [0.3, 0.4) is 0 Å². The van der Waals surface area contributed by atoms with Gasteiger partial charge in [0.05, 0.1) is 4.70 Å². The number of benzene rings is 1. The van der Waals surface area contributed by atoms with Gasteiger partial charge in [-0.05, 0) is 51.2 Å². The van der Waals surface area contributed by atoms with Gasteiger partial charge in [0.15, 0.2) is 0 Å². The van der Waals surface area contributed by atoms with Gasteiger partial charge in [-0.25, -0.2) is 0 Å². The van der Waals surface area contributed by atoms with E-state index >= 15 is 0 Å². The van der Waals surface area contributed by atoms with Crippen molar-refractivity contribution in [3.8, 4) is 0 Å². The Hall–Kier alpha value is -1.50. The molecule has 4 rings (SSSR count). The monoisotopic (exact) mass is 388 g/mol. The Labute approximate surface area is 148 Å². The minimum absolute atomic E-state index is 0.956. The van der Waals surface area contributed by atoms with Gasteiger partial charge in [0, 0.05) is 55.0 Å². The van der Waals surface area contributed by atoms with E-state index in [1.54, 1.807) is 11.5 Å². The van der Waals surface area contributed by atoms with Crippen molar-refractivity contribution < 1.29 is 0 Å². The maximum atomic E-state index is 4.67. The fraction of sp³-hybridized carbons (Fsp3) is 0.294. The van der Waals surface area contributed by atoms with Crippen LogP contribution in [-0.4, -0.2) is 40.4 Å². The molecule has 0 unspecified atom stereocenters. The van der Waals surface area contributed by atoms with Crippen molar-refractivity contribution in [1.82, 2.24) is 14.3 Å². The second kappa shape index (κ2) is 6.55. The molecule has 0 radical (unpaired) electrons. The Balaban J connectivity index is 1.43. The Kier molecular flexibility index (Phi) is 4.29. The van der Waals surface area contributed by atoms with Crippen LogP contribution in [0.15, 0.2) is 47.2 Å². The predicted molar refractivity (Wildman–Crippen MR) is 99.0 cm³/mol. The lowest BCUT2D eigenvalue weighted by atomic mass is 10.2. The summed E-state index contributed by atoms with van der Waals surface area (Å²) in [5.41, 5.74) is 1.26. The maximum Gasteiger partial charge on any atom is 0.150 e. The lowest BCUT2D eigenvalue weighted by molar-refractivity contribution is 0.249. The van der Waals surface area contributed by atoms with Crippen molar-refractivity contribution in [2.75, 3.05) is 31.1 Å². The summed E-state index contributed by atoms with van der Waals surface area (Å²) in [5.74, 6) is 1.15. The molecule has 2 aromatic heterocycles. The van der Waals surface area contributed by atoms with Gasteiger partial charge in [-0.2, -0.15) is 4.37 Å². The van der Waals surface area contributed by atoms with Gasteiger partial charge < -0.3 is 4.90 Å². The molecular formula is C17H17BrN4S. The molecule has 1 aromatic carbocycles. The number of halogens is 1. The molecule has 3 heterocycles. The third-order valence-electron chi connectivity index (χ3n) is 4.20. The molecule has 1 aliphatic rings. The molecule has 3 aromatic rings. The van der Waals surface area contributed by atoms with Crippen LogP contribution in [0.25, 0.3) is 10.1 Å². The number of fused-ring (bicyclic) bond motifs is 1. The van der Waals surface area contributed by atoms with Gasteiger partial charge in [0.2, 0.25) is 0 Å². The van der Waals surface area contributed by atoms with Crippen LogP contribution in [0.2, 0.25) is 0 Å². The van der Waals surface area contributed by atoms with E-state index in [0.29, 0.717) is 0 Å². The normalized spacial score (nSPS) is 16.1. The SMILES string of the molecule is Brc1cncc(CN2CCN(c3nsc4ccccc34)CC2)c1. The molecule has 0 spiro atoms. The summed E-state index contributed by atoms with van der Waals surface area (Å²) in [6, 6.07) is 10.6. The number of pyridine rings is 1. The van der Waals surface area contributed by atoms with E-state index in [9.17, 15) is 0 Å². The van der Waals surface area contributed by atoms with E-state index in [4.69, 9.17) is 0 Å². The highest BCUT2D eigenvalue weighted by Gasteiger charge is 2.20. The first kappa shape index (κ1) is 15.1. The van der Waals surface area contributed by atoms with E-state index in [2.05, 4.69) is 65.4 Å². The molecule has 1 saturated heterocycles. The van der Waals surface area contributed by atoms with Gasteiger partial charge in [-0.15, -0.1) is 0 Å². The smallest absolute Gasteiger partial charge is 0.150 e. The fourth-order valence-corrected chi connectivity index (χ4v) is 4.23. The van der Waals surface area contributed by atoms with Gasteiger partial charge >= 0.3 is 0 Å². The quantitative estimate of drug-likeness (QED) is 0.683. The molecule has 0 atom stereocenters. The first-order chi connectivity index (χ1) is 11.3. The molecule has 0 N–H and O–H groups in total. The van der Waals surface area contributed by atoms with E-state index in [1.807, 2.05) is 12.4 Å². The fourth-order valence-electron chi connectivity index (χ4n) is 3.02. The molecule has 23 heavy (non-hydrogen) atoms. The number of hydrogen-bond donors (Lipinski definition) is 0. The molecule has 1 aliphatic heterocycles. The first-order valence-corrected chi connectivity index (χ1v) is 9.27. The summed E-state index contributed by atoms with van der Waals surface area (Å²) in [6.45, 7) is 5.11. The van der Waals surface area contributed by atoms with Gasteiger partial charge in [0.25, 0.3) is 0 Å². The largest absolute Gasteiger partial charge is 0.353 e. The zero-order valence-electron chi connectivity index (χ0n) is 12.7. The lowest BCUT2D eigenvalue weighted by Crippen LogP contribution is -2.46. The summed E-state index contributed by atoms with van der Waals surface area (Å²) in [7, 11) is 0. The van der Waals surface area contributed by atoms with Crippen LogP contribution < -0.4 is 4.90 Å². The minimum atomic E-state index is 0.956. The average Bonchev–Trinajstić information content (AvgIpc) is 3.00. The molecule has 6 heteroatoms. The summed E-state index contributed by atoms with van der Waals surface area (Å²) >= 11 is 5.08. The topological polar surface area (TPSA) is 32.3 Å². The summed E-state index contributed by atoms with van der Waals surface area (Å²) in [4.78, 5) is 9.14. The number of nitrogens with zero attached hydrogens (tertiary/aromatic N) is 4. The standard InChI is InChI=1S/C17H17BrN4S/c18-14-9-13(10-19-11-14)12-21-5-7-22(8-6-21)17-15-3-1-2-4-16(15)23-20-17/h1-4,9-11H,5-8,12H2. The third-order valence-corrected chi connectivity index (χ3v) is 5.45. The number of aromatic nitrogens is 2. The van der Waals surface area contributed by atoms with Crippen LogP contribution >= 0.6 is 27.5 Å². The van der Waals surface area contributed by atoms with Crippen LogP contribution in [0.5, 0.6) is 0 Å². The average molecular weight is 389 g/mol. The van der Waals surface area contributed by atoms with Crippen molar-refractivity contribution in [1.29, 1.82) is 0 Å². The molecule has 0 aliphatic carbocycles. The highest BCUT2D eigenvalue weighted by atomic mass is 79.9. The first-order valence-electron chi connectivity index (χ1n) is 7.71. The van der Waals surface area contributed by atoms with Crippen molar-refractivity contribution >= 4 is 43.4 Å². The second-order valence-electron chi connectivity index (χ2n) is 5.78. The highest BCUT2D eigenvalue weighted by Crippen LogP contribution is 2.29. The number of rotatable bonds is 3. The molecule has 1 fully saturated rings. The van der Waals surface area contributed by atoms with E-state index < -0.39 is 0 Å². The van der Waals surface area contributed by atoms with Gasteiger partial charge in [-0.1, -0.05) is 12.1 Å². The van der Waals surface area contributed by atoms with E-state index in [-0.39, 0.29) is 0 Å². The predicted octanol–water partition coefficient (Wildman–Crippen LogP) is 3.78. The Morgan fingerprint density at radius 3 is 2.74 bits per heavy atom. The van der Waals surface area contributed by atoms with Crippen LogP contribution in [0.1, 0.15) is 5.56 Å². The lowest BCUT2D eigenvalue weighted by Gasteiger charge is -2.35. The zero-order chi connectivity index (χ0) is 15.6. The molecule has 0 amide bonds. The minimum Gasteiger partial charge on any atom is -0.353 e. The van der Waals surface area contributed by atoms with Crippen LogP contribution in [0.4, 0.5) is 5.82 Å². The molecular weight excluding hydrogens is 372 g/mol. The summed E-state index contributed by atoms with van der Waals surface area (Å²) in [6.07, 6.45) is 3.78. The van der Waals surface area contributed by atoms with Crippen molar-refractivity contribution in [3.05, 3.63) is 52.8 Å². The highest BCUT2D eigenvalue weighted by molar-refractivity contribution is 9.10. The van der Waals surface area contributed by atoms with Gasteiger partial charge in [-0.3, -0.25) is 9.88 Å². The maximum absolute atomic E-state index is 4.67. The third kappa shape index (κ3) is 3.24. The summed E-state index contributed by atoms with van der Waals surface area (Å²) < 4.78 is 6.99. The second-order valence-corrected chi connectivity index (χ2v) is 7.50. The molecule has 0 saturated carbocycles. The Morgan fingerprint density at radius 1 is 1.09 bits per heavy atom. The van der Waals surface area contributed by atoms with Crippen LogP contribution in [0, 0.1) is 0 Å². The van der Waals surface area contributed by atoms with Crippen molar-refractivity contribution in [2.24, 2.45) is 0 Å². The number of anilines is 1. The number of hydrogen-bond acceptors (Lipinski definition) is 5. The van der Waals surface area contributed by atoms with E-state index in [1.165, 1.54) is 15.6 Å². The number of piperazine rings is 1. The van der Waals surface area contributed by atoms with Crippen LogP contribution in [-0.2, 0) is 6.54 Å². The molecule has 0 bridgehead atoms. The van der Waals surface area contributed by atoms with Crippen molar-refractivity contribution in [3.63, 3.8) is 0 Å². The molecule has 4 nitrogen and oxygen atoms in total. The van der Waals surface area contributed by atoms with Crippen molar-refractivity contribution in [2.45, 2.75) is 6.54 Å².